The summed E-state index contributed by atoms with van der Waals surface area (Å²) in [4.78, 5) is 0. The summed E-state index contributed by atoms with van der Waals surface area (Å²) in [5, 5.41) is 10.3. The minimum Gasteiger partial charge on any atom is -0.491 e. The van der Waals surface area contributed by atoms with E-state index in [0.717, 1.165) is 16.8 Å². The summed E-state index contributed by atoms with van der Waals surface area (Å²) < 4.78 is 9.85. The zero-order chi connectivity index (χ0) is 17.1. The minimum absolute atomic E-state index is 0.275. The highest BCUT2D eigenvalue weighted by Gasteiger charge is 2.16. The van der Waals surface area contributed by atoms with E-state index in [1.165, 1.54) is 5.56 Å². The molecule has 0 aliphatic rings. The first-order valence-electron chi connectivity index (χ1n) is 8.39. The molecule has 0 saturated heterocycles. The maximum atomic E-state index is 10.3. The largest absolute Gasteiger partial charge is 0.491 e. The second-order valence-electron chi connectivity index (χ2n) is 6.56. The quantitative estimate of drug-likeness (QED) is 0.708. The number of aryl methyl sites for hydroxylation is 1. The van der Waals surface area contributed by atoms with Gasteiger partial charge in [-0.25, -0.2) is 9.13 Å². The Morgan fingerprint density at radius 3 is 2.50 bits per heavy atom. The molecule has 0 radical (unpaired) electrons. The van der Waals surface area contributed by atoms with Gasteiger partial charge in [-0.2, -0.15) is 0 Å². The Kier molecular flexibility index (Phi) is 4.86. The molecule has 3 aromatic rings. The second-order valence-corrected chi connectivity index (χ2v) is 6.56. The number of imidazole rings is 1. The van der Waals surface area contributed by atoms with Crippen LogP contribution in [0.1, 0.15) is 25.3 Å². The molecule has 0 aliphatic carbocycles. The van der Waals surface area contributed by atoms with Gasteiger partial charge in [0, 0.05) is 0 Å². The molecule has 3 rings (SSSR count). The van der Waals surface area contributed by atoms with Crippen molar-refractivity contribution in [2.75, 3.05) is 6.61 Å². The van der Waals surface area contributed by atoms with Gasteiger partial charge >= 0.3 is 0 Å². The first-order valence-corrected chi connectivity index (χ1v) is 8.39. The summed E-state index contributed by atoms with van der Waals surface area (Å²) >= 11 is 0. The Bertz CT molecular complexity index is 806. The number of ether oxygens (including phenoxy) is 1. The summed E-state index contributed by atoms with van der Waals surface area (Å²) in [7, 11) is 2.01. The van der Waals surface area contributed by atoms with E-state index in [2.05, 4.69) is 47.2 Å². The zero-order valence-electron chi connectivity index (χ0n) is 14.5. The summed E-state index contributed by atoms with van der Waals surface area (Å²) in [6, 6.07) is 16.3. The van der Waals surface area contributed by atoms with E-state index in [1.54, 1.807) is 0 Å². The molecule has 0 amide bonds. The monoisotopic (exact) mass is 325 g/mol. The van der Waals surface area contributed by atoms with Gasteiger partial charge in [-0.3, -0.25) is 0 Å². The number of aromatic nitrogens is 2. The van der Waals surface area contributed by atoms with Crippen molar-refractivity contribution >= 4 is 11.0 Å². The van der Waals surface area contributed by atoms with Gasteiger partial charge in [-0.1, -0.05) is 38.1 Å². The van der Waals surface area contributed by atoms with Gasteiger partial charge in [0.05, 0.1) is 7.05 Å². The summed E-state index contributed by atoms with van der Waals surface area (Å²) in [6.07, 6.45) is 1.44. The number of benzene rings is 2. The Hall–Kier alpha value is -2.33. The van der Waals surface area contributed by atoms with Gasteiger partial charge < -0.3 is 9.84 Å². The third-order valence-corrected chi connectivity index (χ3v) is 4.28. The molecule has 1 N–H and O–H groups in total. The van der Waals surface area contributed by atoms with E-state index in [9.17, 15) is 5.11 Å². The van der Waals surface area contributed by atoms with Crippen molar-refractivity contribution in [3.63, 3.8) is 0 Å². The predicted molar refractivity (Wildman–Crippen MR) is 95.1 cm³/mol. The fourth-order valence-electron chi connectivity index (χ4n) is 2.91. The number of hydrogen-bond acceptors (Lipinski definition) is 2. The Morgan fingerprint density at radius 2 is 1.79 bits per heavy atom. The summed E-state index contributed by atoms with van der Waals surface area (Å²) in [5.41, 5.74) is 3.55. The summed E-state index contributed by atoms with van der Waals surface area (Å²) in [5.74, 6) is 1.30. The van der Waals surface area contributed by atoms with E-state index < -0.39 is 6.10 Å². The van der Waals surface area contributed by atoms with Crippen LogP contribution in [-0.4, -0.2) is 22.4 Å². The fourth-order valence-corrected chi connectivity index (χ4v) is 2.91. The SMILES string of the molecule is CC(C)c1ccc(OC[C@@H](O)Cn2c[n+](C)c3ccccc32)cc1. The first-order chi connectivity index (χ1) is 11.5. The van der Waals surface area contributed by atoms with Gasteiger partial charge in [0.15, 0.2) is 11.0 Å². The molecular formula is C20H25N2O2+. The van der Waals surface area contributed by atoms with E-state index in [4.69, 9.17) is 4.74 Å². The van der Waals surface area contributed by atoms with Crippen LogP contribution in [0.25, 0.3) is 11.0 Å². The average molecular weight is 325 g/mol. The molecule has 0 spiro atoms. The van der Waals surface area contributed by atoms with Crippen molar-refractivity contribution in [1.29, 1.82) is 0 Å². The second kappa shape index (κ2) is 7.05. The molecule has 1 heterocycles. The molecule has 0 fully saturated rings. The maximum Gasteiger partial charge on any atom is 0.244 e. The zero-order valence-corrected chi connectivity index (χ0v) is 14.5. The molecule has 4 heteroatoms. The lowest BCUT2D eigenvalue weighted by atomic mass is 10.0. The third kappa shape index (κ3) is 3.60. The molecule has 1 aromatic heterocycles. The van der Waals surface area contributed by atoms with Crippen LogP contribution in [0.15, 0.2) is 54.9 Å². The van der Waals surface area contributed by atoms with Crippen LogP contribution in [0, 0.1) is 0 Å². The van der Waals surface area contributed by atoms with Crippen LogP contribution in [0.4, 0.5) is 0 Å². The maximum absolute atomic E-state index is 10.3. The smallest absolute Gasteiger partial charge is 0.244 e. The van der Waals surface area contributed by atoms with Crippen molar-refractivity contribution in [2.45, 2.75) is 32.4 Å². The Balaban J connectivity index is 1.62. The number of aliphatic hydroxyl groups is 1. The number of fused-ring (bicyclic) bond motifs is 1. The van der Waals surface area contributed by atoms with Gasteiger partial charge in [-0.05, 0) is 35.7 Å². The lowest BCUT2D eigenvalue weighted by Crippen LogP contribution is -2.27. The van der Waals surface area contributed by atoms with Crippen molar-refractivity contribution < 1.29 is 14.4 Å². The van der Waals surface area contributed by atoms with Gasteiger partial charge in [0.1, 0.15) is 25.0 Å². The Morgan fingerprint density at radius 1 is 1.08 bits per heavy atom. The molecule has 0 unspecified atom stereocenters. The van der Waals surface area contributed by atoms with Crippen LogP contribution in [0.3, 0.4) is 0 Å². The molecule has 126 valence electrons. The van der Waals surface area contributed by atoms with Crippen LogP contribution in [-0.2, 0) is 13.6 Å². The Labute approximate surface area is 142 Å². The molecule has 4 nitrogen and oxygen atoms in total. The minimum atomic E-state index is -0.564. The van der Waals surface area contributed by atoms with Crippen LogP contribution in [0.2, 0.25) is 0 Å². The van der Waals surface area contributed by atoms with Gasteiger partial charge in [0.2, 0.25) is 6.33 Å². The normalized spacial score (nSPS) is 12.7. The van der Waals surface area contributed by atoms with E-state index >= 15 is 0 Å². The highest BCUT2D eigenvalue weighted by molar-refractivity contribution is 5.71. The van der Waals surface area contributed by atoms with E-state index in [1.807, 2.05) is 37.6 Å². The molecule has 0 bridgehead atoms. The lowest BCUT2D eigenvalue weighted by molar-refractivity contribution is -0.645. The molecule has 0 saturated carbocycles. The van der Waals surface area contributed by atoms with Crippen molar-refractivity contribution in [1.82, 2.24) is 4.57 Å². The molecular weight excluding hydrogens is 300 g/mol. The number of para-hydroxylation sites is 2. The van der Waals surface area contributed by atoms with Gasteiger partial charge in [-0.15, -0.1) is 0 Å². The molecule has 2 aromatic carbocycles. The first kappa shape index (κ1) is 16.5. The van der Waals surface area contributed by atoms with Crippen molar-refractivity contribution in [3.05, 3.63) is 60.4 Å². The number of nitrogens with zero attached hydrogens (tertiary/aromatic N) is 2. The average Bonchev–Trinajstić information content (AvgIpc) is 2.90. The van der Waals surface area contributed by atoms with Crippen LogP contribution < -0.4 is 9.30 Å². The molecule has 1 atom stereocenters. The third-order valence-electron chi connectivity index (χ3n) is 4.28. The van der Waals surface area contributed by atoms with E-state index in [-0.39, 0.29) is 6.61 Å². The van der Waals surface area contributed by atoms with Gasteiger partial charge in [0.25, 0.3) is 0 Å². The predicted octanol–water partition coefficient (Wildman–Crippen LogP) is 3.03. The molecule has 0 aliphatic heterocycles. The lowest BCUT2D eigenvalue weighted by Gasteiger charge is -2.12. The highest BCUT2D eigenvalue weighted by Crippen LogP contribution is 2.19. The van der Waals surface area contributed by atoms with Crippen molar-refractivity contribution in [2.24, 2.45) is 7.05 Å². The van der Waals surface area contributed by atoms with E-state index in [0.29, 0.717) is 12.5 Å². The fraction of sp³-hybridized carbons (Fsp3) is 0.350. The van der Waals surface area contributed by atoms with Crippen LogP contribution in [0.5, 0.6) is 5.75 Å². The van der Waals surface area contributed by atoms with Crippen molar-refractivity contribution in [3.8, 4) is 5.75 Å². The number of aliphatic hydroxyl groups excluding tert-OH is 1. The summed E-state index contributed by atoms with van der Waals surface area (Å²) in [6.45, 7) is 5.12. The number of hydrogen-bond donors (Lipinski definition) is 1. The highest BCUT2D eigenvalue weighted by atomic mass is 16.5. The standard InChI is InChI=1S/C20H25N2O2/c1-15(2)16-8-10-18(11-9-16)24-13-17(23)12-22-14-21(3)19-6-4-5-7-20(19)22/h4-11,14-15,17,23H,12-13H2,1-3H3/q+1/t17-/m0/s1. The topological polar surface area (TPSA) is 38.3 Å². The van der Waals surface area contributed by atoms with Crippen LogP contribution >= 0.6 is 0 Å². The number of rotatable bonds is 6. The molecule has 24 heavy (non-hydrogen) atoms.